The Morgan fingerprint density at radius 2 is 2.05 bits per heavy atom. The molecule has 3 nitrogen and oxygen atoms in total. The van der Waals surface area contributed by atoms with Crippen LogP contribution >= 0.6 is 15.9 Å². The minimum atomic E-state index is 0.0750. The van der Waals surface area contributed by atoms with E-state index >= 15 is 0 Å². The van der Waals surface area contributed by atoms with Crippen molar-refractivity contribution in [1.29, 1.82) is 0 Å². The highest BCUT2D eigenvalue weighted by atomic mass is 79.9. The molecule has 0 saturated carbocycles. The number of nitrogens with one attached hydrogen (secondary N) is 1. The van der Waals surface area contributed by atoms with Gasteiger partial charge in [0, 0.05) is 23.7 Å². The molecule has 1 saturated heterocycles. The van der Waals surface area contributed by atoms with Crippen molar-refractivity contribution in [2.75, 3.05) is 19.8 Å². The van der Waals surface area contributed by atoms with Crippen LogP contribution in [0.5, 0.6) is 0 Å². The molecule has 1 aliphatic heterocycles. The van der Waals surface area contributed by atoms with Crippen molar-refractivity contribution in [3.05, 3.63) is 34.3 Å². The Labute approximate surface area is 136 Å². The van der Waals surface area contributed by atoms with Gasteiger partial charge in [-0.1, -0.05) is 41.9 Å². The summed E-state index contributed by atoms with van der Waals surface area (Å²) in [5, 5.41) is 3.47. The van der Waals surface area contributed by atoms with Gasteiger partial charge in [0.1, 0.15) is 0 Å². The monoisotopic (exact) mass is 355 g/mol. The van der Waals surface area contributed by atoms with Gasteiger partial charge in [0.25, 0.3) is 0 Å². The average molecular weight is 356 g/mol. The lowest BCUT2D eigenvalue weighted by Crippen LogP contribution is -2.32. The summed E-state index contributed by atoms with van der Waals surface area (Å²) in [6.07, 6.45) is 3.88. The van der Waals surface area contributed by atoms with E-state index in [9.17, 15) is 0 Å². The third-order valence-corrected chi connectivity index (χ3v) is 4.24. The molecule has 4 heteroatoms. The zero-order valence-corrected chi connectivity index (χ0v) is 14.6. The number of hydrogen-bond donors (Lipinski definition) is 1. The van der Waals surface area contributed by atoms with Crippen molar-refractivity contribution >= 4 is 15.9 Å². The Kier molecular flexibility index (Phi) is 7.17. The minimum absolute atomic E-state index is 0.0750. The maximum atomic E-state index is 6.16. The van der Waals surface area contributed by atoms with Crippen LogP contribution in [0.3, 0.4) is 0 Å². The lowest BCUT2D eigenvalue weighted by molar-refractivity contribution is -0.0636. The fraction of sp³-hybridized carbons (Fsp3) is 0.647. The van der Waals surface area contributed by atoms with Crippen LogP contribution in [0.15, 0.2) is 28.7 Å². The number of rotatable bonds is 7. The summed E-state index contributed by atoms with van der Waals surface area (Å²) in [7, 11) is 0. The van der Waals surface area contributed by atoms with Crippen LogP contribution in [-0.4, -0.2) is 31.9 Å². The van der Waals surface area contributed by atoms with Gasteiger partial charge in [0.15, 0.2) is 0 Å². The molecule has 21 heavy (non-hydrogen) atoms. The predicted octanol–water partition coefficient (Wildman–Crippen LogP) is 4.07. The largest absolute Gasteiger partial charge is 0.376 e. The van der Waals surface area contributed by atoms with Gasteiger partial charge in [-0.3, -0.25) is 0 Å². The van der Waals surface area contributed by atoms with Crippen molar-refractivity contribution in [3.63, 3.8) is 0 Å². The third-order valence-electron chi connectivity index (χ3n) is 3.71. The Balaban J connectivity index is 1.92. The molecule has 1 aromatic rings. The van der Waals surface area contributed by atoms with Crippen LogP contribution in [0.4, 0.5) is 0 Å². The number of ether oxygens (including phenoxy) is 2. The molecule has 2 rings (SSSR count). The summed E-state index contributed by atoms with van der Waals surface area (Å²) in [5.74, 6) is 0. The third kappa shape index (κ3) is 6.07. The van der Waals surface area contributed by atoms with E-state index in [-0.39, 0.29) is 12.2 Å². The van der Waals surface area contributed by atoms with Crippen LogP contribution in [0.2, 0.25) is 0 Å². The molecule has 0 radical (unpaired) electrons. The van der Waals surface area contributed by atoms with Crippen molar-refractivity contribution in [1.82, 2.24) is 5.32 Å². The fourth-order valence-electron chi connectivity index (χ4n) is 2.46. The molecular weight excluding hydrogens is 330 g/mol. The maximum absolute atomic E-state index is 6.16. The number of benzene rings is 1. The zero-order chi connectivity index (χ0) is 15.1. The van der Waals surface area contributed by atoms with Crippen LogP contribution in [-0.2, 0) is 9.47 Å². The molecule has 1 aliphatic rings. The first-order chi connectivity index (χ1) is 10.1. The SMILES string of the molecule is CC(C)NCC(OCC1CCCCO1)c1ccc(Br)cc1. The molecule has 0 aromatic heterocycles. The zero-order valence-electron chi connectivity index (χ0n) is 13.0. The van der Waals surface area contributed by atoms with Crippen molar-refractivity contribution in [2.24, 2.45) is 0 Å². The molecule has 1 heterocycles. The summed E-state index contributed by atoms with van der Waals surface area (Å²) in [5.41, 5.74) is 1.21. The second-order valence-corrected chi connectivity index (χ2v) is 6.84. The summed E-state index contributed by atoms with van der Waals surface area (Å²) in [6, 6.07) is 8.84. The fourth-order valence-corrected chi connectivity index (χ4v) is 2.72. The molecule has 0 amide bonds. The topological polar surface area (TPSA) is 30.5 Å². The highest BCUT2D eigenvalue weighted by Gasteiger charge is 2.18. The van der Waals surface area contributed by atoms with E-state index in [1.165, 1.54) is 18.4 Å². The summed E-state index contributed by atoms with van der Waals surface area (Å²) < 4.78 is 13.0. The lowest BCUT2D eigenvalue weighted by Gasteiger charge is -2.26. The van der Waals surface area contributed by atoms with Gasteiger partial charge in [0.2, 0.25) is 0 Å². The normalized spacial score (nSPS) is 20.7. The molecule has 118 valence electrons. The lowest BCUT2D eigenvalue weighted by atomic mass is 10.1. The summed E-state index contributed by atoms with van der Waals surface area (Å²) >= 11 is 3.48. The van der Waals surface area contributed by atoms with E-state index < -0.39 is 0 Å². The van der Waals surface area contributed by atoms with Crippen LogP contribution in [0.1, 0.15) is 44.8 Å². The Hall–Kier alpha value is -0.420. The van der Waals surface area contributed by atoms with Gasteiger partial charge in [-0.05, 0) is 37.0 Å². The van der Waals surface area contributed by atoms with Crippen LogP contribution in [0, 0.1) is 0 Å². The molecule has 1 fully saturated rings. The first-order valence-electron chi connectivity index (χ1n) is 7.87. The molecule has 0 aliphatic carbocycles. The van der Waals surface area contributed by atoms with Gasteiger partial charge in [0.05, 0.1) is 18.8 Å². The van der Waals surface area contributed by atoms with Crippen molar-refractivity contribution in [3.8, 4) is 0 Å². The summed E-state index contributed by atoms with van der Waals surface area (Å²) in [6.45, 7) is 6.69. The van der Waals surface area contributed by atoms with E-state index in [0.717, 1.165) is 24.0 Å². The van der Waals surface area contributed by atoms with Crippen LogP contribution in [0.25, 0.3) is 0 Å². The number of hydrogen-bond acceptors (Lipinski definition) is 3. The molecule has 1 N–H and O–H groups in total. The van der Waals surface area contributed by atoms with E-state index in [1.807, 2.05) is 0 Å². The average Bonchev–Trinajstić information content (AvgIpc) is 2.49. The quantitative estimate of drug-likeness (QED) is 0.799. The smallest absolute Gasteiger partial charge is 0.0950 e. The van der Waals surface area contributed by atoms with E-state index in [1.54, 1.807) is 0 Å². The second-order valence-electron chi connectivity index (χ2n) is 5.93. The standard InChI is InChI=1S/C17H26BrNO2/c1-13(2)19-11-17(14-6-8-15(18)9-7-14)21-12-16-5-3-4-10-20-16/h6-9,13,16-17,19H,3-5,10-12H2,1-2H3. The summed E-state index contributed by atoms with van der Waals surface area (Å²) in [4.78, 5) is 0. The second kappa shape index (κ2) is 8.89. The van der Waals surface area contributed by atoms with Gasteiger partial charge in [-0.15, -0.1) is 0 Å². The van der Waals surface area contributed by atoms with Crippen LogP contribution < -0.4 is 5.32 Å². The van der Waals surface area contributed by atoms with Gasteiger partial charge >= 0.3 is 0 Å². The van der Waals surface area contributed by atoms with Gasteiger partial charge in [-0.25, -0.2) is 0 Å². The van der Waals surface area contributed by atoms with Crippen molar-refractivity contribution < 1.29 is 9.47 Å². The molecule has 0 spiro atoms. The molecule has 0 bridgehead atoms. The Bertz CT molecular complexity index is 402. The van der Waals surface area contributed by atoms with E-state index in [4.69, 9.17) is 9.47 Å². The van der Waals surface area contributed by atoms with Crippen molar-refractivity contribution in [2.45, 2.75) is 51.4 Å². The highest BCUT2D eigenvalue weighted by molar-refractivity contribution is 9.10. The highest BCUT2D eigenvalue weighted by Crippen LogP contribution is 2.22. The molecule has 1 aromatic carbocycles. The Morgan fingerprint density at radius 3 is 2.67 bits per heavy atom. The van der Waals surface area contributed by atoms with Gasteiger partial charge in [-0.2, -0.15) is 0 Å². The van der Waals surface area contributed by atoms with Gasteiger partial charge < -0.3 is 14.8 Å². The van der Waals surface area contributed by atoms with E-state index in [0.29, 0.717) is 12.6 Å². The molecule has 2 atom stereocenters. The minimum Gasteiger partial charge on any atom is -0.376 e. The number of halogens is 1. The maximum Gasteiger partial charge on any atom is 0.0950 e. The molecular formula is C17H26BrNO2. The molecule has 2 unspecified atom stereocenters. The van der Waals surface area contributed by atoms with E-state index in [2.05, 4.69) is 59.4 Å². The first-order valence-corrected chi connectivity index (χ1v) is 8.66. The Morgan fingerprint density at radius 1 is 1.29 bits per heavy atom. The first kappa shape index (κ1) is 16.9. The predicted molar refractivity (Wildman–Crippen MR) is 89.6 cm³/mol.